The summed E-state index contributed by atoms with van der Waals surface area (Å²) in [6.07, 6.45) is 2.00. The molecule has 0 saturated carbocycles. The molecule has 26 heavy (non-hydrogen) atoms. The molecule has 0 aliphatic heterocycles. The lowest BCUT2D eigenvalue weighted by atomic mass is 10.1. The Balaban J connectivity index is 1.90. The van der Waals surface area contributed by atoms with Crippen LogP contribution in [0.25, 0.3) is 0 Å². The van der Waals surface area contributed by atoms with E-state index in [0.29, 0.717) is 6.54 Å². The normalized spacial score (nSPS) is 11.7. The predicted octanol–water partition coefficient (Wildman–Crippen LogP) is 2.87. The van der Waals surface area contributed by atoms with Crippen LogP contribution in [0.3, 0.4) is 0 Å². The van der Waals surface area contributed by atoms with Crippen molar-refractivity contribution in [1.82, 2.24) is 15.6 Å². The molecule has 140 valence electrons. The van der Waals surface area contributed by atoms with E-state index in [9.17, 15) is 9.59 Å². The maximum absolute atomic E-state index is 12.3. The number of rotatable bonds is 9. The Labute approximate surface area is 158 Å². The molecule has 7 heteroatoms. The van der Waals surface area contributed by atoms with Gasteiger partial charge in [0.05, 0.1) is 12.5 Å². The van der Waals surface area contributed by atoms with Crippen molar-refractivity contribution in [2.75, 3.05) is 18.0 Å². The van der Waals surface area contributed by atoms with Gasteiger partial charge in [-0.2, -0.15) is 0 Å². The van der Waals surface area contributed by atoms with Crippen LogP contribution in [-0.4, -0.2) is 29.9 Å². The Hall–Kier alpha value is -2.41. The largest absolute Gasteiger partial charge is 0.357 e. The number of hydrogen-bond donors (Lipinski definition) is 2. The van der Waals surface area contributed by atoms with Crippen molar-refractivity contribution < 1.29 is 9.59 Å². The summed E-state index contributed by atoms with van der Waals surface area (Å²) in [6, 6.07) is 7.49. The fraction of sp³-hybridized carbons (Fsp3) is 0.421. The molecule has 0 aliphatic carbocycles. The van der Waals surface area contributed by atoms with Crippen molar-refractivity contribution in [1.29, 1.82) is 0 Å². The van der Waals surface area contributed by atoms with Crippen molar-refractivity contribution in [3.8, 4) is 0 Å². The Kier molecular flexibility index (Phi) is 7.59. The highest BCUT2D eigenvalue weighted by molar-refractivity contribution is 7.10. The van der Waals surface area contributed by atoms with Gasteiger partial charge in [0.1, 0.15) is 5.82 Å². The zero-order valence-electron chi connectivity index (χ0n) is 15.5. The topological polar surface area (TPSA) is 74.3 Å². The number of hydrogen-bond acceptors (Lipinski definition) is 5. The van der Waals surface area contributed by atoms with Crippen LogP contribution in [0.2, 0.25) is 0 Å². The lowest BCUT2D eigenvalue weighted by Gasteiger charge is -2.19. The smallest absolute Gasteiger partial charge is 0.222 e. The second-order valence-corrected chi connectivity index (χ2v) is 6.93. The summed E-state index contributed by atoms with van der Waals surface area (Å²) >= 11 is 1.53. The number of pyridine rings is 1. The zero-order valence-corrected chi connectivity index (χ0v) is 16.3. The fourth-order valence-corrected chi connectivity index (χ4v) is 3.45. The number of anilines is 1. The van der Waals surface area contributed by atoms with E-state index in [0.717, 1.165) is 29.3 Å². The molecule has 0 radical (unpaired) electrons. The molecule has 2 amide bonds. The standard InChI is InChI=1S/C19H26N4O2S/c1-4-23(5-2)18-9-8-15(12-20-18)13-21-19(25)11-16(22-14(3)24)17-7-6-10-26-17/h6-10,12,16H,4-5,11,13H2,1-3H3,(H,21,25)(H,22,24). The van der Waals surface area contributed by atoms with Crippen molar-refractivity contribution >= 4 is 29.0 Å². The van der Waals surface area contributed by atoms with Crippen LogP contribution in [-0.2, 0) is 16.1 Å². The Bertz CT molecular complexity index is 697. The van der Waals surface area contributed by atoms with Gasteiger partial charge < -0.3 is 15.5 Å². The molecule has 1 unspecified atom stereocenters. The van der Waals surface area contributed by atoms with E-state index in [-0.39, 0.29) is 24.3 Å². The maximum atomic E-state index is 12.3. The minimum absolute atomic E-state index is 0.107. The molecule has 0 bridgehead atoms. The van der Waals surface area contributed by atoms with E-state index in [2.05, 4.69) is 34.4 Å². The van der Waals surface area contributed by atoms with Gasteiger partial charge in [-0.1, -0.05) is 12.1 Å². The SMILES string of the molecule is CCN(CC)c1ccc(CNC(=O)CC(NC(C)=O)c2cccs2)cn1. The van der Waals surface area contributed by atoms with Gasteiger partial charge >= 0.3 is 0 Å². The van der Waals surface area contributed by atoms with Gasteiger partial charge in [0, 0.05) is 37.6 Å². The van der Waals surface area contributed by atoms with Crippen LogP contribution in [0, 0.1) is 0 Å². The summed E-state index contributed by atoms with van der Waals surface area (Å²) in [5.74, 6) is 0.686. The fourth-order valence-electron chi connectivity index (χ4n) is 2.67. The lowest BCUT2D eigenvalue weighted by Crippen LogP contribution is -2.32. The first kappa shape index (κ1) is 19.9. The van der Waals surface area contributed by atoms with Crippen LogP contribution >= 0.6 is 11.3 Å². The third-order valence-corrected chi connectivity index (χ3v) is 5.03. The minimum Gasteiger partial charge on any atom is -0.357 e. The molecule has 2 aromatic heterocycles. The number of nitrogens with zero attached hydrogens (tertiary/aromatic N) is 2. The first-order valence-electron chi connectivity index (χ1n) is 8.80. The molecule has 2 rings (SSSR count). The molecule has 0 spiro atoms. The summed E-state index contributed by atoms with van der Waals surface area (Å²) < 4.78 is 0. The van der Waals surface area contributed by atoms with Gasteiger partial charge in [-0.25, -0.2) is 4.98 Å². The second-order valence-electron chi connectivity index (χ2n) is 5.95. The number of amides is 2. The van der Waals surface area contributed by atoms with Crippen LogP contribution in [0.4, 0.5) is 5.82 Å². The van der Waals surface area contributed by atoms with E-state index in [1.165, 1.54) is 18.3 Å². The first-order chi connectivity index (χ1) is 12.5. The molecule has 0 aromatic carbocycles. The van der Waals surface area contributed by atoms with Crippen LogP contribution in [0.5, 0.6) is 0 Å². The summed E-state index contributed by atoms with van der Waals surface area (Å²) in [7, 11) is 0. The van der Waals surface area contributed by atoms with Gasteiger partial charge in [0.2, 0.25) is 11.8 Å². The molecule has 0 fully saturated rings. The average molecular weight is 375 g/mol. The summed E-state index contributed by atoms with van der Waals surface area (Å²) in [5.41, 5.74) is 0.946. The monoisotopic (exact) mass is 374 g/mol. The Morgan fingerprint density at radius 1 is 1.23 bits per heavy atom. The average Bonchev–Trinajstić information content (AvgIpc) is 3.16. The maximum Gasteiger partial charge on any atom is 0.222 e. The summed E-state index contributed by atoms with van der Waals surface area (Å²) in [6.45, 7) is 7.89. The van der Waals surface area contributed by atoms with Crippen molar-refractivity contribution in [2.24, 2.45) is 0 Å². The zero-order chi connectivity index (χ0) is 18.9. The van der Waals surface area contributed by atoms with E-state index in [4.69, 9.17) is 0 Å². The number of carbonyl (C=O) groups is 2. The number of thiophene rings is 1. The van der Waals surface area contributed by atoms with Crippen molar-refractivity contribution in [3.05, 3.63) is 46.3 Å². The third kappa shape index (κ3) is 5.84. The van der Waals surface area contributed by atoms with Crippen LogP contribution in [0.1, 0.15) is 43.7 Å². The molecule has 6 nitrogen and oxygen atoms in total. The van der Waals surface area contributed by atoms with Gasteiger partial charge in [-0.3, -0.25) is 9.59 Å². The Morgan fingerprint density at radius 3 is 2.54 bits per heavy atom. The third-order valence-electron chi connectivity index (χ3n) is 4.04. The van der Waals surface area contributed by atoms with E-state index >= 15 is 0 Å². The first-order valence-corrected chi connectivity index (χ1v) is 9.68. The van der Waals surface area contributed by atoms with Gasteiger partial charge in [0.25, 0.3) is 0 Å². The van der Waals surface area contributed by atoms with Crippen molar-refractivity contribution in [2.45, 2.75) is 39.8 Å². The molecule has 1 atom stereocenters. The minimum atomic E-state index is -0.296. The highest BCUT2D eigenvalue weighted by Crippen LogP contribution is 2.22. The quantitative estimate of drug-likeness (QED) is 0.708. The molecule has 2 heterocycles. The van der Waals surface area contributed by atoms with E-state index in [1.807, 2.05) is 29.6 Å². The van der Waals surface area contributed by atoms with E-state index in [1.54, 1.807) is 6.20 Å². The van der Waals surface area contributed by atoms with Crippen molar-refractivity contribution in [3.63, 3.8) is 0 Å². The molecular formula is C19H26N4O2S. The summed E-state index contributed by atoms with van der Waals surface area (Å²) in [4.78, 5) is 31.3. The van der Waals surface area contributed by atoms with Crippen LogP contribution < -0.4 is 15.5 Å². The van der Waals surface area contributed by atoms with Gasteiger partial charge in [-0.05, 0) is 36.9 Å². The van der Waals surface area contributed by atoms with Crippen LogP contribution in [0.15, 0.2) is 35.8 Å². The lowest BCUT2D eigenvalue weighted by molar-refractivity contribution is -0.122. The number of carbonyl (C=O) groups excluding carboxylic acids is 2. The van der Waals surface area contributed by atoms with Gasteiger partial charge in [-0.15, -0.1) is 11.3 Å². The predicted molar refractivity (Wildman–Crippen MR) is 105 cm³/mol. The highest BCUT2D eigenvalue weighted by atomic mass is 32.1. The highest BCUT2D eigenvalue weighted by Gasteiger charge is 2.17. The molecule has 0 aliphatic rings. The molecule has 2 aromatic rings. The van der Waals surface area contributed by atoms with E-state index < -0.39 is 0 Å². The molecule has 0 saturated heterocycles. The molecule has 2 N–H and O–H groups in total. The second kappa shape index (κ2) is 9.91. The number of nitrogens with one attached hydrogen (secondary N) is 2. The Morgan fingerprint density at radius 2 is 2.00 bits per heavy atom. The molecular weight excluding hydrogens is 348 g/mol. The number of aromatic nitrogens is 1. The summed E-state index contributed by atoms with van der Waals surface area (Å²) in [5, 5.41) is 7.67. The van der Waals surface area contributed by atoms with Gasteiger partial charge in [0.15, 0.2) is 0 Å².